The Hall–Kier alpha value is -1.04. The molecule has 0 N–H and O–H groups in total. The first-order valence-corrected chi connectivity index (χ1v) is 3.78. The number of hydrogen-bond acceptors (Lipinski definition) is 0. The van der Waals surface area contributed by atoms with Crippen molar-refractivity contribution >= 4 is 0 Å². The zero-order valence-corrected chi connectivity index (χ0v) is 6.75. The summed E-state index contributed by atoms with van der Waals surface area (Å²) in [5.74, 6) is 0. The molecule has 0 atom stereocenters. The number of allylic oxidation sites excluding steroid dienone is 2. The first-order chi connectivity index (χ1) is 5.33. The maximum atomic E-state index is 5.54. The Morgan fingerprint density at radius 2 is 1.91 bits per heavy atom. The first kappa shape index (κ1) is 8.06. The number of hydrogen-bond donors (Lipinski definition) is 0. The van der Waals surface area contributed by atoms with Crippen LogP contribution in [0.1, 0.15) is 18.1 Å². The summed E-state index contributed by atoms with van der Waals surface area (Å²) in [5, 5.41) is 0. The minimum absolute atomic E-state index is 0.828. The highest BCUT2D eigenvalue weighted by molar-refractivity contribution is 5.25. The van der Waals surface area contributed by atoms with Crippen molar-refractivity contribution in [1.29, 1.82) is 0 Å². The molecule has 0 aliphatic carbocycles. The summed E-state index contributed by atoms with van der Waals surface area (Å²) in [5.41, 5.74) is 2.13. The highest BCUT2D eigenvalue weighted by Crippen LogP contribution is 2.03. The quantitative estimate of drug-likeness (QED) is 0.560. The maximum Gasteiger partial charge on any atom is -0.00120 e. The molecular formula is C11H12. The molecule has 0 nitrogen and oxygen atoms in total. The molecule has 56 valence electrons. The van der Waals surface area contributed by atoms with Crippen LogP contribution in [0.25, 0.3) is 0 Å². The van der Waals surface area contributed by atoms with Crippen LogP contribution < -0.4 is 0 Å². The van der Waals surface area contributed by atoms with Crippen LogP contribution in [0.4, 0.5) is 0 Å². The topological polar surface area (TPSA) is 0 Å². The van der Waals surface area contributed by atoms with E-state index in [1.807, 2.05) is 19.1 Å². The number of benzene rings is 1. The second-order valence-electron chi connectivity index (χ2n) is 2.51. The van der Waals surface area contributed by atoms with Crippen molar-refractivity contribution in [1.82, 2.24) is 0 Å². The van der Waals surface area contributed by atoms with E-state index >= 15 is 0 Å². The van der Waals surface area contributed by atoms with Crippen LogP contribution in [-0.4, -0.2) is 0 Å². The third-order valence-corrected chi connectivity index (χ3v) is 1.57. The van der Waals surface area contributed by atoms with Crippen molar-refractivity contribution in [2.45, 2.75) is 13.3 Å². The minimum atomic E-state index is 0.828. The van der Waals surface area contributed by atoms with Crippen LogP contribution in [0, 0.1) is 6.92 Å². The normalized spacial score (nSPS) is 10.7. The van der Waals surface area contributed by atoms with Crippen LogP contribution in [0.5, 0.6) is 0 Å². The van der Waals surface area contributed by atoms with Gasteiger partial charge < -0.3 is 0 Å². The number of rotatable bonds is 2. The molecule has 0 saturated heterocycles. The molecule has 1 aromatic rings. The summed E-state index contributed by atoms with van der Waals surface area (Å²) in [6, 6.07) is 7.96. The Kier molecular flexibility index (Phi) is 2.91. The first-order valence-electron chi connectivity index (χ1n) is 3.78. The largest absolute Gasteiger partial charge is 0.0913 e. The van der Waals surface area contributed by atoms with Gasteiger partial charge in [0.2, 0.25) is 0 Å². The zero-order valence-electron chi connectivity index (χ0n) is 6.75. The smallest absolute Gasteiger partial charge is 0.00120 e. The van der Waals surface area contributed by atoms with Crippen molar-refractivity contribution in [3.63, 3.8) is 0 Å². The summed E-state index contributed by atoms with van der Waals surface area (Å²) in [7, 11) is 0. The molecule has 0 fully saturated rings. The standard InChI is InChI=1S/C11H12/c1-3-4-5-11-8-6-10(2)7-9-11/h2-4,6-9H,5H2,1H3/b4-3+. The second-order valence-corrected chi connectivity index (χ2v) is 2.51. The molecule has 0 aliphatic rings. The lowest BCUT2D eigenvalue weighted by molar-refractivity contribution is 1.26. The Morgan fingerprint density at radius 3 is 2.45 bits per heavy atom. The summed E-state index contributed by atoms with van der Waals surface area (Å²) >= 11 is 0. The van der Waals surface area contributed by atoms with Gasteiger partial charge in [0.25, 0.3) is 0 Å². The van der Waals surface area contributed by atoms with E-state index in [2.05, 4.69) is 24.3 Å². The van der Waals surface area contributed by atoms with E-state index in [1.165, 1.54) is 5.56 Å². The average Bonchev–Trinajstić information content (AvgIpc) is 2.04. The second kappa shape index (κ2) is 3.97. The predicted octanol–water partition coefficient (Wildman–Crippen LogP) is 2.86. The predicted molar refractivity (Wildman–Crippen MR) is 48.4 cm³/mol. The lowest BCUT2D eigenvalue weighted by Gasteiger charge is -1.95. The van der Waals surface area contributed by atoms with Gasteiger partial charge in [0, 0.05) is 0 Å². The van der Waals surface area contributed by atoms with Gasteiger partial charge in [-0.1, -0.05) is 36.4 Å². The van der Waals surface area contributed by atoms with Gasteiger partial charge in [0.1, 0.15) is 0 Å². The van der Waals surface area contributed by atoms with Crippen molar-refractivity contribution in [3.05, 3.63) is 54.5 Å². The SMILES string of the molecule is [CH]c1ccc(C/C=C/C)cc1. The van der Waals surface area contributed by atoms with E-state index in [4.69, 9.17) is 6.92 Å². The molecule has 2 radical (unpaired) electrons. The molecule has 0 amide bonds. The molecule has 1 aromatic carbocycles. The fourth-order valence-electron chi connectivity index (χ4n) is 0.908. The van der Waals surface area contributed by atoms with E-state index in [9.17, 15) is 0 Å². The van der Waals surface area contributed by atoms with Crippen LogP contribution >= 0.6 is 0 Å². The van der Waals surface area contributed by atoms with Crippen LogP contribution in [0.3, 0.4) is 0 Å². The van der Waals surface area contributed by atoms with Gasteiger partial charge in [0.05, 0.1) is 0 Å². The Balaban J connectivity index is 2.66. The monoisotopic (exact) mass is 144 g/mol. The molecule has 0 heterocycles. The van der Waals surface area contributed by atoms with Gasteiger partial charge in [-0.05, 0) is 31.4 Å². The fourth-order valence-corrected chi connectivity index (χ4v) is 0.908. The summed E-state index contributed by atoms with van der Waals surface area (Å²) in [6.45, 7) is 7.56. The van der Waals surface area contributed by atoms with Crippen LogP contribution in [0.2, 0.25) is 0 Å². The summed E-state index contributed by atoms with van der Waals surface area (Å²) in [6.07, 6.45) is 5.18. The average molecular weight is 144 g/mol. The lowest BCUT2D eigenvalue weighted by atomic mass is 10.1. The molecule has 0 aromatic heterocycles. The van der Waals surface area contributed by atoms with E-state index in [0.717, 1.165) is 12.0 Å². The van der Waals surface area contributed by atoms with Gasteiger partial charge in [-0.2, -0.15) is 0 Å². The Bertz CT molecular complexity index is 229. The Labute approximate surface area is 68.6 Å². The molecule has 0 saturated carbocycles. The lowest BCUT2D eigenvalue weighted by Crippen LogP contribution is -1.79. The van der Waals surface area contributed by atoms with Crippen molar-refractivity contribution in [2.24, 2.45) is 0 Å². The Morgan fingerprint density at radius 1 is 1.27 bits per heavy atom. The van der Waals surface area contributed by atoms with Gasteiger partial charge in [-0.3, -0.25) is 0 Å². The zero-order chi connectivity index (χ0) is 8.10. The van der Waals surface area contributed by atoms with E-state index < -0.39 is 0 Å². The molecule has 1 rings (SSSR count). The van der Waals surface area contributed by atoms with Gasteiger partial charge in [0.15, 0.2) is 0 Å². The van der Waals surface area contributed by atoms with Gasteiger partial charge in [-0.25, -0.2) is 0 Å². The molecule has 0 unspecified atom stereocenters. The van der Waals surface area contributed by atoms with Crippen LogP contribution in [-0.2, 0) is 6.42 Å². The van der Waals surface area contributed by atoms with Crippen molar-refractivity contribution < 1.29 is 0 Å². The molecule has 11 heavy (non-hydrogen) atoms. The molecule has 0 heteroatoms. The van der Waals surface area contributed by atoms with E-state index in [1.54, 1.807) is 0 Å². The van der Waals surface area contributed by atoms with Crippen molar-refractivity contribution in [2.75, 3.05) is 0 Å². The summed E-state index contributed by atoms with van der Waals surface area (Å²) in [4.78, 5) is 0. The molecule has 0 spiro atoms. The molecule has 0 aliphatic heterocycles. The van der Waals surface area contributed by atoms with Gasteiger partial charge >= 0.3 is 0 Å². The van der Waals surface area contributed by atoms with Crippen LogP contribution in [0.15, 0.2) is 36.4 Å². The summed E-state index contributed by atoms with van der Waals surface area (Å²) < 4.78 is 0. The highest BCUT2D eigenvalue weighted by atomic mass is 13.9. The highest BCUT2D eigenvalue weighted by Gasteiger charge is 1.87. The maximum absolute atomic E-state index is 5.54. The molecular weight excluding hydrogens is 132 g/mol. The fraction of sp³-hybridized carbons (Fsp3) is 0.182. The third-order valence-electron chi connectivity index (χ3n) is 1.57. The van der Waals surface area contributed by atoms with Gasteiger partial charge in [-0.15, -0.1) is 0 Å². The van der Waals surface area contributed by atoms with E-state index in [-0.39, 0.29) is 0 Å². The molecule has 0 bridgehead atoms. The minimum Gasteiger partial charge on any atom is -0.0913 e. The van der Waals surface area contributed by atoms with E-state index in [0.29, 0.717) is 0 Å². The van der Waals surface area contributed by atoms with Crippen molar-refractivity contribution in [3.8, 4) is 0 Å². The third kappa shape index (κ3) is 2.58.